The molecule has 0 unspecified atom stereocenters. The van der Waals surface area contributed by atoms with Gasteiger partial charge >= 0.3 is 6.01 Å². The van der Waals surface area contributed by atoms with Crippen LogP contribution in [0.3, 0.4) is 0 Å². The van der Waals surface area contributed by atoms with Crippen molar-refractivity contribution < 1.29 is 9.53 Å². The fourth-order valence-electron chi connectivity index (χ4n) is 2.83. The van der Waals surface area contributed by atoms with E-state index in [4.69, 9.17) is 4.74 Å². The molecule has 25 heavy (non-hydrogen) atoms. The van der Waals surface area contributed by atoms with Crippen LogP contribution in [0.5, 0.6) is 6.01 Å². The van der Waals surface area contributed by atoms with Gasteiger partial charge in [0, 0.05) is 29.8 Å². The van der Waals surface area contributed by atoms with Crippen LogP contribution >= 0.6 is 0 Å². The first-order valence-electron chi connectivity index (χ1n) is 8.40. The van der Waals surface area contributed by atoms with E-state index < -0.39 is 0 Å². The minimum Gasteiger partial charge on any atom is -0.464 e. The molecule has 1 fully saturated rings. The highest BCUT2D eigenvalue weighted by Crippen LogP contribution is 2.38. The molecule has 0 spiro atoms. The van der Waals surface area contributed by atoms with Gasteiger partial charge in [-0.2, -0.15) is 4.98 Å². The summed E-state index contributed by atoms with van der Waals surface area (Å²) in [5.41, 5.74) is 2.48. The Kier molecular flexibility index (Phi) is 3.83. The van der Waals surface area contributed by atoms with Crippen molar-refractivity contribution in [2.45, 2.75) is 20.3 Å². The highest BCUT2D eigenvalue weighted by atomic mass is 16.5. The van der Waals surface area contributed by atoms with Crippen LogP contribution in [0.4, 0.5) is 5.82 Å². The maximum atomic E-state index is 12.1. The van der Waals surface area contributed by atoms with Crippen molar-refractivity contribution in [2.24, 2.45) is 11.8 Å². The van der Waals surface area contributed by atoms with Crippen molar-refractivity contribution in [3.05, 3.63) is 30.6 Å². The van der Waals surface area contributed by atoms with Gasteiger partial charge in [0.15, 0.2) is 0 Å². The molecule has 3 aromatic rings. The Morgan fingerprint density at radius 1 is 1.40 bits per heavy atom. The third-order valence-electron chi connectivity index (χ3n) is 4.38. The highest BCUT2D eigenvalue weighted by Gasteiger charge is 2.39. The number of ether oxygens (including phenoxy) is 1. The lowest BCUT2D eigenvalue weighted by Gasteiger charge is -2.03. The minimum atomic E-state index is 0.0447. The topological polar surface area (TPSA) is 92.8 Å². The Labute approximate surface area is 144 Å². The molecule has 7 heteroatoms. The number of hydrogen-bond donors (Lipinski definition) is 2. The summed E-state index contributed by atoms with van der Waals surface area (Å²) < 4.78 is 5.35. The summed E-state index contributed by atoms with van der Waals surface area (Å²) in [6, 6.07) is 5.98. The second-order valence-corrected chi connectivity index (χ2v) is 6.31. The van der Waals surface area contributed by atoms with Crippen LogP contribution in [0.2, 0.25) is 0 Å². The van der Waals surface area contributed by atoms with E-state index in [1.54, 1.807) is 12.4 Å². The van der Waals surface area contributed by atoms with Crippen LogP contribution in [0, 0.1) is 11.8 Å². The maximum absolute atomic E-state index is 12.1. The monoisotopic (exact) mass is 337 g/mol. The van der Waals surface area contributed by atoms with Gasteiger partial charge in [0.1, 0.15) is 5.82 Å². The molecule has 1 aliphatic carbocycles. The normalized spacial score (nSPS) is 19.0. The lowest BCUT2D eigenvalue weighted by Crippen LogP contribution is -2.15. The number of nitrogens with one attached hydrogen (secondary N) is 2. The first kappa shape index (κ1) is 15.6. The fraction of sp³-hybridized carbons (Fsp3) is 0.333. The number of amides is 1. The van der Waals surface area contributed by atoms with Crippen LogP contribution < -0.4 is 10.1 Å². The van der Waals surface area contributed by atoms with Crippen molar-refractivity contribution in [2.75, 3.05) is 11.9 Å². The average molecular weight is 337 g/mol. The molecule has 0 bridgehead atoms. The SMILES string of the molecule is CCOc1nccc(-c2cc3cnc(NC(=O)[C@@H]4C[C@H]4C)cc3[nH]2)n1. The van der Waals surface area contributed by atoms with Gasteiger partial charge in [-0.3, -0.25) is 4.79 Å². The van der Waals surface area contributed by atoms with E-state index in [0.29, 0.717) is 24.4 Å². The number of carbonyl (C=O) groups is 1. The Hall–Kier alpha value is -2.96. The number of H-pyrrole nitrogens is 1. The van der Waals surface area contributed by atoms with Crippen molar-refractivity contribution in [1.29, 1.82) is 0 Å². The molecule has 128 valence electrons. The fourth-order valence-corrected chi connectivity index (χ4v) is 2.83. The van der Waals surface area contributed by atoms with Gasteiger partial charge in [-0.1, -0.05) is 6.92 Å². The molecule has 4 rings (SSSR count). The quantitative estimate of drug-likeness (QED) is 0.746. The summed E-state index contributed by atoms with van der Waals surface area (Å²) in [5.74, 6) is 1.19. The van der Waals surface area contributed by atoms with Crippen molar-refractivity contribution in [1.82, 2.24) is 19.9 Å². The summed E-state index contributed by atoms with van der Waals surface area (Å²) >= 11 is 0. The zero-order chi connectivity index (χ0) is 17.4. The van der Waals surface area contributed by atoms with E-state index in [1.807, 2.05) is 25.1 Å². The van der Waals surface area contributed by atoms with Crippen LogP contribution in [0.25, 0.3) is 22.3 Å². The lowest BCUT2D eigenvalue weighted by molar-refractivity contribution is -0.117. The van der Waals surface area contributed by atoms with Crippen LogP contribution in [0.15, 0.2) is 30.6 Å². The number of fused-ring (bicyclic) bond motifs is 1. The first-order valence-corrected chi connectivity index (χ1v) is 8.40. The highest BCUT2D eigenvalue weighted by molar-refractivity contribution is 5.95. The van der Waals surface area contributed by atoms with E-state index in [2.05, 4.69) is 32.2 Å². The van der Waals surface area contributed by atoms with Gasteiger partial charge in [-0.05, 0) is 31.4 Å². The number of hydrogen-bond acceptors (Lipinski definition) is 5. The number of rotatable bonds is 5. The number of carbonyl (C=O) groups excluding carboxylic acids is 1. The number of aromatic amines is 1. The zero-order valence-corrected chi connectivity index (χ0v) is 14.1. The molecule has 0 saturated heterocycles. The second kappa shape index (κ2) is 6.16. The Morgan fingerprint density at radius 3 is 3.00 bits per heavy atom. The van der Waals surface area contributed by atoms with Gasteiger partial charge in [0.2, 0.25) is 5.91 Å². The molecule has 3 aromatic heterocycles. The Bertz CT molecular complexity index is 936. The predicted molar refractivity (Wildman–Crippen MR) is 94.2 cm³/mol. The largest absolute Gasteiger partial charge is 0.464 e. The summed E-state index contributed by atoms with van der Waals surface area (Å²) in [6.45, 7) is 4.49. The molecule has 1 amide bonds. The first-order chi connectivity index (χ1) is 12.1. The molecule has 2 N–H and O–H groups in total. The van der Waals surface area contributed by atoms with Gasteiger partial charge in [-0.25, -0.2) is 9.97 Å². The van der Waals surface area contributed by atoms with Gasteiger partial charge in [-0.15, -0.1) is 0 Å². The van der Waals surface area contributed by atoms with Crippen molar-refractivity contribution in [3.63, 3.8) is 0 Å². The van der Waals surface area contributed by atoms with E-state index in [9.17, 15) is 4.79 Å². The second-order valence-electron chi connectivity index (χ2n) is 6.31. The molecule has 3 heterocycles. The standard InChI is InChI=1S/C18H19N5O2/c1-3-25-18-19-5-4-13(22-18)15-7-11-9-20-16(8-14(11)21-15)23-17(24)12-6-10(12)2/h4-5,7-10,12,21H,3,6H2,1-2H3,(H,20,23,24)/t10-,12-/m1/s1. The van der Waals surface area contributed by atoms with Gasteiger partial charge in [0.25, 0.3) is 0 Å². The number of anilines is 1. The van der Waals surface area contributed by atoms with E-state index in [0.717, 1.165) is 28.7 Å². The summed E-state index contributed by atoms with van der Waals surface area (Å²) in [6.07, 6.45) is 4.36. The van der Waals surface area contributed by atoms with E-state index in [1.165, 1.54) is 0 Å². The van der Waals surface area contributed by atoms with Crippen molar-refractivity contribution >= 4 is 22.6 Å². The van der Waals surface area contributed by atoms with Gasteiger partial charge < -0.3 is 15.0 Å². The van der Waals surface area contributed by atoms with E-state index in [-0.39, 0.29) is 11.8 Å². The Morgan fingerprint density at radius 2 is 2.24 bits per heavy atom. The molecule has 0 radical (unpaired) electrons. The minimum absolute atomic E-state index is 0.0447. The third kappa shape index (κ3) is 3.17. The van der Waals surface area contributed by atoms with Crippen LogP contribution in [-0.2, 0) is 4.79 Å². The molecule has 7 nitrogen and oxygen atoms in total. The van der Waals surface area contributed by atoms with Crippen LogP contribution in [-0.4, -0.2) is 32.4 Å². The predicted octanol–water partition coefficient (Wildman–Crippen LogP) is 3.01. The molecule has 1 saturated carbocycles. The van der Waals surface area contributed by atoms with Crippen LogP contribution in [0.1, 0.15) is 20.3 Å². The molecular weight excluding hydrogens is 318 g/mol. The molecule has 1 aliphatic rings. The average Bonchev–Trinajstić information content (AvgIpc) is 3.18. The number of pyridine rings is 1. The maximum Gasteiger partial charge on any atom is 0.316 e. The number of nitrogens with zero attached hydrogens (tertiary/aromatic N) is 3. The lowest BCUT2D eigenvalue weighted by atomic mass is 10.2. The molecule has 0 aromatic carbocycles. The summed E-state index contributed by atoms with van der Waals surface area (Å²) in [5, 5.41) is 3.83. The molecule has 0 aliphatic heterocycles. The zero-order valence-electron chi connectivity index (χ0n) is 14.1. The van der Waals surface area contributed by atoms with E-state index >= 15 is 0 Å². The summed E-state index contributed by atoms with van der Waals surface area (Å²) in [7, 11) is 0. The number of aromatic nitrogens is 4. The third-order valence-corrected chi connectivity index (χ3v) is 4.38. The molecule has 2 atom stereocenters. The molecular formula is C18H19N5O2. The van der Waals surface area contributed by atoms with Crippen molar-refractivity contribution in [3.8, 4) is 17.4 Å². The Balaban J connectivity index is 1.59. The summed E-state index contributed by atoms with van der Waals surface area (Å²) in [4.78, 5) is 28.2. The smallest absolute Gasteiger partial charge is 0.316 e. The van der Waals surface area contributed by atoms with Gasteiger partial charge in [0.05, 0.1) is 23.5 Å².